The van der Waals surface area contributed by atoms with Crippen LogP contribution in [0.3, 0.4) is 0 Å². The molecule has 2 aromatic heterocycles. The van der Waals surface area contributed by atoms with Crippen LogP contribution in [0, 0.1) is 13.8 Å². The molecule has 0 aliphatic rings. The quantitative estimate of drug-likeness (QED) is 0.698. The van der Waals surface area contributed by atoms with Crippen molar-refractivity contribution in [2.24, 2.45) is 0 Å². The normalized spacial score (nSPS) is 10.3. The first-order chi connectivity index (χ1) is 11.2. The standard InChI is InChI=1S/C19H18N2O2/c1-14-4-3-5-15(2)19(14)23-18-7-6-17(12-21-18)22-13-16-8-10-20-11-9-16/h3-12H,13H2,1-2H3. The van der Waals surface area contributed by atoms with E-state index in [1.54, 1.807) is 18.6 Å². The molecule has 0 saturated heterocycles. The molecule has 0 N–H and O–H groups in total. The van der Waals surface area contributed by atoms with Gasteiger partial charge in [-0.1, -0.05) is 18.2 Å². The molecular formula is C19H18N2O2. The highest BCUT2D eigenvalue weighted by atomic mass is 16.5. The van der Waals surface area contributed by atoms with Crippen LogP contribution in [0.4, 0.5) is 0 Å². The minimum atomic E-state index is 0.487. The second-order valence-corrected chi connectivity index (χ2v) is 5.30. The molecule has 0 amide bonds. The molecule has 3 rings (SSSR count). The Balaban J connectivity index is 1.65. The smallest absolute Gasteiger partial charge is 0.219 e. The molecule has 23 heavy (non-hydrogen) atoms. The van der Waals surface area contributed by atoms with Crippen molar-refractivity contribution in [3.8, 4) is 17.4 Å². The summed E-state index contributed by atoms with van der Waals surface area (Å²) in [6.45, 7) is 4.53. The van der Waals surface area contributed by atoms with Crippen LogP contribution in [0.2, 0.25) is 0 Å². The van der Waals surface area contributed by atoms with Gasteiger partial charge in [0.1, 0.15) is 18.1 Å². The Hall–Kier alpha value is -2.88. The van der Waals surface area contributed by atoms with Crippen molar-refractivity contribution in [3.05, 3.63) is 77.7 Å². The summed E-state index contributed by atoms with van der Waals surface area (Å²) in [7, 11) is 0. The highest BCUT2D eigenvalue weighted by Gasteiger charge is 2.06. The van der Waals surface area contributed by atoms with E-state index in [9.17, 15) is 0 Å². The number of benzene rings is 1. The molecule has 2 heterocycles. The molecule has 0 aliphatic carbocycles. The number of rotatable bonds is 5. The molecule has 4 heteroatoms. The van der Waals surface area contributed by atoms with Gasteiger partial charge in [0.2, 0.25) is 5.88 Å². The first kappa shape index (κ1) is 15.0. The molecular weight excluding hydrogens is 288 g/mol. The number of nitrogens with zero attached hydrogens (tertiary/aromatic N) is 2. The van der Waals surface area contributed by atoms with Crippen molar-refractivity contribution in [1.29, 1.82) is 0 Å². The van der Waals surface area contributed by atoms with E-state index in [-0.39, 0.29) is 0 Å². The Morgan fingerprint density at radius 2 is 1.65 bits per heavy atom. The van der Waals surface area contributed by atoms with Crippen molar-refractivity contribution in [2.45, 2.75) is 20.5 Å². The molecule has 0 spiro atoms. The Morgan fingerprint density at radius 1 is 0.913 bits per heavy atom. The maximum Gasteiger partial charge on any atom is 0.219 e. The predicted molar refractivity (Wildman–Crippen MR) is 88.8 cm³/mol. The molecule has 0 atom stereocenters. The van der Waals surface area contributed by atoms with E-state index in [2.05, 4.69) is 9.97 Å². The lowest BCUT2D eigenvalue weighted by atomic mass is 10.1. The molecule has 3 aromatic rings. The topological polar surface area (TPSA) is 44.2 Å². The van der Waals surface area contributed by atoms with E-state index in [1.807, 2.05) is 56.3 Å². The SMILES string of the molecule is Cc1cccc(C)c1Oc1ccc(OCc2ccncc2)cn1. The van der Waals surface area contributed by atoms with E-state index in [4.69, 9.17) is 9.47 Å². The molecule has 116 valence electrons. The van der Waals surface area contributed by atoms with Gasteiger partial charge in [-0.2, -0.15) is 0 Å². The Labute approximate surface area is 135 Å². The molecule has 0 aliphatic heterocycles. The minimum Gasteiger partial charge on any atom is -0.487 e. The second-order valence-electron chi connectivity index (χ2n) is 5.30. The molecule has 0 radical (unpaired) electrons. The van der Waals surface area contributed by atoms with Gasteiger partial charge in [0.05, 0.1) is 6.20 Å². The lowest BCUT2D eigenvalue weighted by Crippen LogP contribution is -1.97. The number of ether oxygens (including phenoxy) is 2. The molecule has 0 saturated carbocycles. The summed E-state index contributed by atoms with van der Waals surface area (Å²) < 4.78 is 11.6. The number of para-hydroxylation sites is 1. The van der Waals surface area contributed by atoms with Gasteiger partial charge < -0.3 is 9.47 Å². The van der Waals surface area contributed by atoms with Crippen LogP contribution in [0.25, 0.3) is 0 Å². The van der Waals surface area contributed by atoms with Gasteiger partial charge in [0.15, 0.2) is 0 Å². The molecule has 4 nitrogen and oxygen atoms in total. The van der Waals surface area contributed by atoms with E-state index >= 15 is 0 Å². The summed E-state index contributed by atoms with van der Waals surface area (Å²) in [5.41, 5.74) is 3.24. The van der Waals surface area contributed by atoms with E-state index in [0.717, 1.165) is 22.4 Å². The number of pyridine rings is 2. The number of hydrogen-bond donors (Lipinski definition) is 0. The second kappa shape index (κ2) is 6.92. The van der Waals surface area contributed by atoms with Crippen LogP contribution >= 0.6 is 0 Å². The van der Waals surface area contributed by atoms with Crippen LogP contribution in [0.5, 0.6) is 17.4 Å². The van der Waals surface area contributed by atoms with E-state index in [0.29, 0.717) is 18.2 Å². The van der Waals surface area contributed by atoms with Gasteiger partial charge >= 0.3 is 0 Å². The average molecular weight is 306 g/mol. The first-order valence-electron chi connectivity index (χ1n) is 7.44. The lowest BCUT2D eigenvalue weighted by Gasteiger charge is -2.11. The fourth-order valence-electron chi connectivity index (χ4n) is 2.22. The first-order valence-corrected chi connectivity index (χ1v) is 7.44. The van der Waals surface area contributed by atoms with Gasteiger partial charge in [-0.05, 0) is 48.7 Å². The fraction of sp³-hybridized carbons (Fsp3) is 0.158. The lowest BCUT2D eigenvalue weighted by molar-refractivity contribution is 0.304. The third-order valence-electron chi connectivity index (χ3n) is 3.48. The zero-order valence-electron chi connectivity index (χ0n) is 13.2. The van der Waals surface area contributed by atoms with Crippen molar-refractivity contribution in [3.63, 3.8) is 0 Å². The Kier molecular flexibility index (Phi) is 4.52. The third kappa shape index (κ3) is 3.86. The van der Waals surface area contributed by atoms with Gasteiger partial charge in [0, 0.05) is 18.5 Å². The zero-order chi connectivity index (χ0) is 16.1. The molecule has 0 fully saturated rings. The largest absolute Gasteiger partial charge is 0.487 e. The molecule has 1 aromatic carbocycles. The number of aromatic nitrogens is 2. The molecule has 0 bridgehead atoms. The molecule has 0 unspecified atom stereocenters. The van der Waals surface area contributed by atoms with Crippen molar-refractivity contribution in [1.82, 2.24) is 9.97 Å². The summed E-state index contributed by atoms with van der Waals surface area (Å²) in [5, 5.41) is 0. The number of aryl methyl sites for hydroxylation is 2. The van der Waals surface area contributed by atoms with Crippen LogP contribution in [-0.4, -0.2) is 9.97 Å². The average Bonchev–Trinajstić information content (AvgIpc) is 2.58. The van der Waals surface area contributed by atoms with Crippen LogP contribution in [0.1, 0.15) is 16.7 Å². The summed E-state index contributed by atoms with van der Waals surface area (Å²) in [6, 6.07) is 13.6. The van der Waals surface area contributed by atoms with Gasteiger partial charge in [-0.25, -0.2) is 4.98 Å². The number of hydrogen-bond acceptors (Lipinski definition) is 4. The van der Waals surface area contributed by atoms with Gasteiger partial charge in [-0.3, -0.25) is 4.98 Å². The predicted octanol–water partition coefficient (Wildman–Crippen LogP) is 4.46. The Morgan fingerprint density at radius 3 is 2.30 bits per heavy atom. The highest BCUT2D eigenvalue weighted by Crippen LogP contribution is 2.28. The highest BCUT2D eigenvalue weighted by molar-refractivity contribution is 5.42. The van der Waals surface area contributed by atoms with Crippen molar-refractivity contribution < 1.29 is 9.47 Å². The van der Waals surface area contributed by atoms with E-state index in [1.165, 1.54) is 0 Å². The van der Waals surface area contributed by atoms with Crippen molar-refractivity contribution in [2.75, 3.05) is 0 Å². The maximum absolute atomic E-state index is 5.88. The zero-order valence-corrected chi connectivity index (χ0v) is 13.2. The summed E-state index contributed by atoms with van der Waals surface area (Å²) in [4.78, 5) is 8.29. The monoisotopic (exact) mass is 306 g/mol. The van der Waals surface area contributed by atoms with E-state index < -0.39 is 0 Å². The van der Waals surface area contributed by atoms with Crippen molar-refractivity contribution >= 4 is 0 Å². The fourth-order valence-corrected chi connectivity index (χ4v) is 2.22. The Bertz CT molecular complexity index is 751. The van der Waals surface area contributed by atoms with Crippen LogP contribution in [-0.2, 0) is 6.61 Å². The summed E-state index contributed by atoms with van der Waals surface area (Å²) >= 11 is 0. The van der Waals surface area contributed by atoms with Crippen LogP contribution < -0.4 is 9.47 Å². The maximum atomic E-state index is 5.88. The minimum absolute atomic E-state index is 0.487. The third-order valence-corrected chi connectivity index (χ3v) is 3.48. The summed E-state index contributed by atoms with van der Waals surface area (Å²) in [5.74, 6) is 2.11. The summed E-state index contributed by atoms with van der Waals surface area (Å²) in [6.07, 6.45) is 5.17. The van der Waals surface area contributed by atoms with Gasteiger partial charge in [-0.15, -0.1) is 0 Å². The van der Waals surface area contributed by atoms with Gasteiger partial charge in [0.25, 0.3) is 0 Å². The van der Waals surface area contributed by atoms with Crippen LogP contribution in [0.15, 0.2) is 61.1 Å².